The molecule has 4 amide bonds. The number of piperidine rings is 1. The Hall–Kier alpha value is -6.77. The minimum absolute atomic E-state index is 0.0181. The second-order valence-electron chi connectivity index (χ2n) is 24.3. The number of nitrogens with zero attached hydrogens (tertiary/aromatic N) is 4. The number of hydrogen-bond donors (Lipinski definition) is 10. The van der Waals surface area contributed by atoms with Gasteiger partial charge in [-0.1, -0.05) is 80.5 Å². The van der Waals surface area contributed by atoms with E-state index in [0.29, 0.717) is 31.8 Å². The number of likely N-dealkylation sites (N-methyl/N-ethyl adjacent to an activating group) is 1. The monoisotopic (exact) mass is 1290 g/mol. The average Bonchev–Trinajstić information content (AvgIpc) is 1.59. The number of allylic oxidation sites excluding steroid dienone is 3. The van der Waals surface area contributed by atoms with Crippen molar-refractivity contribution in [3.8, 4) is 17.2 Å². The maximum absolute atomic E-state index is 14.9. The number of aromatic hydroxyl groups is 2. The van der Waals surface area contributed by atoms with Crippen LogP contribution >= 0.6 is 15.2 Å². The highest BCUT2D eigenvalue weighted by atomic mass is 31.2. The Morgan fingerprint density at radius 3 is 2.09 bits per heavy atom. The number of ketones is 1. The number of aliphatic hydroxyl groups excluding tert-OH is 1. The van der Waals surface area contributed by atoms with Crippen LogP contribution in [0.1, 0.15) is 124 Å². The molecule has 10 atom stereocenters. The number of phenolic OH excluding ortho intramolecular Hbond substituents is 2. The molecule has 0 unspecified atom stereocenters. The lowest BCUT2D eigenvalue weighted by Crippen LogP contribution is -2.50. The van der Waals surface area contributed by atoms with Crippen LogP contribution in [0, 0.1) is 48.3 Å². The van der Waals surface area contributed by atoms with Gasteiger partial charge in [0.25, 0.3) is 11.7 Å². The number of likely N-dealkylation sites (tertiary alicyclic amines) is 1. The third kappa shape index (κ3) is 16.4. The summed E-state index contributed by atoms with van der Waals surface area (Å²) in [6, 6.07) is -1.77. The third-order valence-corrected chi connectivity index (χ3v) is 20.5. The van der Waals surface area contributed by atoms with Crippen LogP contribution < -0.4 is 31.4 Å². The molecule has 5 heterocycles. The van der Waals surface area contributed by atoms with Crippen molar-refractivity contribution in [3.63, 3.8) is 0 Å². The number of hydrogen-bond acceptors (Lipinski definition) is 20. The molecule has 5 aliphatic heterocycles. The van der Waals surface area contributed by atoms with E-state index in [4.69, 9.17) is 33.7 Å². The third-order valence-electron chi connectivity index (χ3n) is 17.2. The molecule has 0 aliphatic carbocycles. The number of carbonyl (C=O) groups is 7. The zero-order valence-electron chi connectivity index (χ0n) is 52.3. The molecule has 2 aromatic carbocycles. The molecule has 28 nitrogen and oxygen atoms in total. The molecule has 89 heavy (non-hydrogen) atoms. The van der Waals surface area contributed by atoms with Crippen molar-refractivity contribution in [2.24, 2.45) is 51.4 Å². The molecular formula is C59H85N7O21P2. The molecule has 5 aliphatic rings. The standard InChI is InChI=1S/C59H85N7O21P2/c1-14-40(68)83-28-84-56(76)60-38(18-19-39(67)61-57(88(77,78)79)89(80,81)82)55(75)65(13)27-41(69)86-51-31(5)16-15-17-32(6)54(74)62-47-46-45(63-59(64-46)21-23-66(24-22-59)26-29(2)3)42-43(50(47)72)49(71)37(11)52-44(42)53(73)58(12,87-52)85-25-20-30(4)33(7)34(8)35(9)48(70)36(51)10/h15-17,20,25,29-31,33-36,38,48,51,57,70-72H,14,18-19,21-24,26-28H2,1-13H3,(H,60,76)(H,61,67)(H,62,74)(H2,77,78,79)(H2,80,81,82)/b16-15+,25-20+,32-17-/t30-,31-,33+,34+,35-,36-,38-,48-,51-,58-/m0/s1. The summed E-state index contributed by atoms with van der Waals surface area (Å²) in [6.07, 6.45) is 3.31. The number of aliphatic hydroxyl groups is 1. The minimum Gasteiger partial charge on any atom is -0.507 e. The highest BCUT2D eigenvalue weighted by Gasteiger charge is 2.51. The molecule has 1 fully saturated rings. The number of anilines is 1. The van der Waals surface area contributed by atoms with E-state index in [2.05, 4.69) is 29.4 Å². The van der Waals surface area contributed by atoms with Crippen LogP contribution in [-0.2, 0) is 52.1 Å². The van der Waals surface area contributed by atoms with Crippen LogP contribution in [0.5, 0.6) is 17.2 Å². The van der Waals surface area contributed by atoms with Crippen molar-refractivity contribution in [3.05, 3.63) is 58.0 Å². The lowest BCUT2D eigenvalue weighted by Gasteiger charge is -2.38. The van der Waals surface area contributed by atoms with Gasteiger partial charge in [0.05, 0.1) is 28.7 Å². The Bertz CT molecular complexity index is 3390. The van der Waals surface area contributed by atoms with Gasteiger partial charge in [0.1, 0.15) is 41.2 Å². The summed E-state index contributed by atoms with van der Waals surface area (Å²) < 4.78 is 51.9. The first-order valence-electron chi connectivity index (χ1n) is 29.5. The van der Waals surface area contributed by atoms with Gasteiger partial charge in [-0.3, -0.25) is 47.9 Å². The topological polar surface area (TPSA) is 409 Å². The highest BCUT2D eigenvalue weighted by Crippen LogP contribution is 2.58. The van der Waals surface area contributed by atoms with Gasteiger partial charge < -0.3 is 84.3 Å². The average molecular weight is 1290 g/mol. The number of alkyl carbamates (subject to hydrolysis) is 1. The molecular weight excluding hydrogens is 1200 g/mol. The van der Waals surface area contributed by atoms with E-state index in [1.807, 2.05) is 27.7 Å². The fraction of sp³-hybridized carbons (Fsp3) is 0.610. The summed E-state index contributed by atoms with van der Waals surface area (Å²) >= 11 is 0. The summed E-state index contributed by atoms with van der Waals surface area (Å²) in [5.41, 5.74) is -3.90. The molecule has 1 saturated heterocycles. The maximum atomic E-state index is 14.9. The van der Waals surface area contributed by atoms with Gasteiger partial charge in [-0.15, -0.1) is 0 Å². The van der Waals surface area contributed by atoms with E-state index >= 15 is 0 Å². The Labute approximate surface area is 515 Å². The van der Waals surface area contributed by atoms with Crippen molar-refractivity contribution < 1.29 is 101 Å². The summed E-state index contributed by atoms with van der Waals surface area (Å²) in [5, 5.41) is 43.3. The molecule has 0 radical (unpaired) electrons. The van der Waals surface area contributed by atoms with Crippen molar-refractivity contribution in [2.75, 3.05) is 45.3 Å². The molecule has 5 bridgehead atoms. The number of ether oxygens (including phenoxy) is 5. The highest BCUT2D eigenvalue weighted by molar-refractivity contribution is 7.70. The van der Waals surface area contributed by atoms with Gasteiger partial charge in [0.2, 0.25) is 24.1 Å². The van der Waals surface area contributed by atoms with Gasteiger partial charge >= 0.3 is 39.0 Å². The quantitative estimate of drug-likeness (QED) is 0.0474. The summed E-state index contributed by atoms with van der Waals surface area (Å²) in [6.45, 7) is 21.6. The molecule has 0 saturated carbocycles. The number of esters is 2. The molecule has 0 aromatic heterocycles. The zero-order valence-corrected chi connectivity index (χ0v) is 54.1. The van der Waals surface area contributed by atoms with Crippen molar-refractivity contribution in [1.29, 1.82) is 0 Å². The minimum atomic E-state index is -5.63. The van der Waals surface area contributed by atoms with Crippen molar-refractivity contribution in [2.45, 2.75) is 150 Å². The Morgan fingerprint density at radius 2 is 1.48 bits per heavy atom. The van der Waals surface area contributed by atoms with Crippen molar-refractivity contribution in [1.82, 2.24) is 20.4 Å². The SMILES string of the molecule is CCC(=O)OCOC(=O)N[C@@H](CCC(=O)NC(P(=O)(O)O)P(=O)(O)O)C(=O)N(C)CC(=O)O[C@@H]1[C@@H](C)[C@@H](O)[C@@H](C)[C@H](C)[C@H](C)[C@@H](C)/C=C/O[C@@]2(C)Oc3c(C)c(O)c4c(O)c(c5c(c4c3C2=O)=NC2(CCN(CC(C)C)CC2)N=5)NC(=O)/C(C)=C\C=C\[C@@H]1C. The van der Waals surface area contributed by atoms with E-state index in [9.17, 15) is 77.6 Å². The predicted molar refractivity (Wildman–Crippen MR) is 321 cm³/mol. The first kappa shape index (κ1) is 71.3. The molecule has 1 spiro atoms. The predicted octanol–water partition coefficient (Wildman–Crippen LogP) is 4.63. The number of carbonyl (C=O) groups excluding carboxylic acids is 7. The summed E-state index contributed by atoms with van der Waals surface area (Å²) in [7, 11) is -10.1. The fourth-order valence-electron chi connectivity index (χ4n) is 11.4. The second kappa shape index (κ2) is 28.6. The van der Waals surface area contributed by atoms with Crippen molar-refractivity contribution >= 4 is 73.2 Å². The number of Topliss-reactive ketones (excluding diaryl/α,β-unsaturated/α-hetero) is 1. The molecule has 7 rings (SSSR count). The number of phenols is 2. The summed E-state index contributed by atoms with van der Waals surface area (Å²) in [4.78, 5) is 146. The van der Waals surface area contributed by atoms with E-state index in [-0.39, 0.29) is 73.8 Å². The van der Waals surface area contributed by atoms with Gasteiger partial charge in [0.15, 0.2) is 11.4 Å². The van der Waals surface area contributed by atoms with E-state index < -0.39 is 147 Å². The normalized spacial score (nSPS) is 26.6. The van der Waals surface area contributed by atoms with Crippen LogP contribution in [0.15, 0.2) is 46.1 Å². The maximum Gasteiger partial charge on any atom is 0.410 e. The van der Waals surface area contributed by atoms with E-state index in [1.54, 1.807) is 31.3 Å². The number of amides is 4. The Morgan fingerprint density at radius 1 is 0.854 bits per heavy atom. The fourth-order valence-corrected chi connectivity index (χ4v) is 13.6. The van der Waals surface area contributed by atoms with Crippen LogP contribution in [-0.4, -0.2) is 161 Å². The lowest BCUT2D eigenvalue weighted by molar-refractivity contribution is -0.161. The van der Waals surface area contributed by atoms with Crippen LogP contribution in [0.4, 0.5) is 10.5 Å². The van der Waals surface area contributed by atoms with Gasteiger partial charge in [-0.2, -0.15) is 0 Å². The second-order valence-corrected chi connectivity index (χ2v) is 28.1. The smallest absolute Gasteiger partial charge is 0.410 e. The number of rotatable bonds is 16. The van der Waals surface area contributed by atoms with Gasteiger partial charge in [0, 0.05) is 87.6 Å². The molecule has 2 aromatic rings. The lowest BCUT2D eigenvalue weighted by atomic mass is 9.72. The number of fused-ring (bicyclic) bond motifs is 13. The van der Waals surface area contributed by atoms with Crippen LogP contribution in [0.25, 0.3) is 10.8 Å². The first-order valence-corrected chi connectivity index (χ1v) is 32.8. The Kier molecular flexibility index (Phi) is 22.9. The van der Waals surface area contributed by atoms with Crippen LogP contribution in [0.3, 0.4) is 0 Å². The largest absolute Gasteiger partial charge is 0.507 e. The van der Waals surface area contributed by atoms with Crippen LogP contribution in [0.2, 0.25) is 0 Å². The first-order chi connectivity index (χ1) is 41.4. The number of benzene rings is 2. The number of nitrogens with one attached hydrogen (secondary N) is 3. The Balaban J connectivity index is 1.35. The van der Waals surface area contributed by atoms with E-state index in [0.717, 1.165) is 18.5 Å². The van der Waals surface area contributed by atoms with Gasteiger partial charge in [-0.05, 0) is 55.9 Å². The molecule has 30 heteroatoms. The zero-order chi connectivity index (χ0) is 66.6. The summed E-state index contributed by atoms with van der Waals surface area (Å²) in [5.74, 6) is -10.8. The van der Waals surface area contributed by atoms with E-state index in [1.165, 1.54) is 46.1 Å². The molecule has 492 valence electrons. The molecule has 10 N–H and O–H groups in total. The van der Waals surface area contributed by atoms with Gasteiger partial charge in [-0.25, -0.2) is 4.79 Å².